The van der Waals surface area contributed by atoms with E-state index in [1.54, 1.807) is 11.8 Å². The van der Waals surface area contributed by atoms with Crippen molar-refractivity contribution in [3.05, 3.63) is 65.0 Å². The summed E-state index contributed by atoms with van der Waals surface area (Å²) in [6.07, 6.45) is 4.14. The van der Waals surface area contributed by atoms with Gasteiger partial charge in [-0.2, -0.15) is 0 Å². The summed E-state index contributed by atoms with van der Waals surface area (Å²) in [6, 6.07) is 13.2. The van der Waals surface area contributed by atoms with Crippen molar-refractivity contribution in [3.63, 3.8) is 0 Å². The Morgan fingerprint density at radius 1 is 1.15 bits per heavy atom. The van der Waals surface area contributed by atoms with E-state index in [2.05, 4.69) is 71.9 Å². The van der Waals surface area contributed by atoms with Crippen molar-refractivity contribution in [1.82, 2.24) is 9.88 Å². The molecule has 2 nitrogen and oxygen atoms in total. The third-order valence-corrected chi connectivity index (χ3v) is 5.76. The van der Waals surface area contributed by atoms with E-state index in [-0.39, 0.29) is 4.87 Å². The van der Waals surface area contributed by atoms with Crippen LogP contribution in [0.2, 0.25) is 0 Å². The molecule has 0 saturated heterocycles. The van der Waals surface area contributed by atoms with Crippen molar-refractivity contribution >= 4 is 23.5 Å². The highest BCUT2D eigenvalue weighted by Crippen LogP contribution is 2.44. The van der Waals surface area contributed by atoms with Crippen LogP contribution in [0.25, 0.3) is 0 Å². The van der Waals surface area contributed by atoms with Crippen LogP contribution in [0.5, 0.6) is 0 Å². The summed E-state index contributed by atoms with van der Waals surface area (Å²) >= 11 is 3.59. The second-order valence-corrected chi connectivity index (χ2v) is 6.89. The van der Waals surface area contributed by atoms with Crippen molar-refractivity contribution in [2.24, 2.45) is 7.05 Å². The summed E-state index contributed by atoms with van der Waals surface area (Å²) in [5, 5.41) is 5.68. The maximum atomic E-state index is 3.55. The minimum atomic E-state index is -0.208. The Hall–Kier alpha value is -1.26. The third-order valence-electron chi connectivity index (χ3n) is 3.83. The largest absolute Gasteiger partial charge is 0.367 e. The lowest BCUT2D eigenvalue weighted by Crippen LogP contribution is -2.36. The number of hydrogen-bond donors (Lipinski definition) is 1. The van der Waals surface area contributed by atoms with Gasteiger partial charge in [-0.15, -0.1) is 11.8 Å². The Morgan fingerprint density at radius 2 is 1.90 bits per heavy atom. The molecule has 104 valence electrons. The standard InChI is InChI=1S/C16H18N2S2/c1-12-4-9-15(18(12)2)16(17-10-11-20-16)13-5-7-14(19-3)8-6-13/h4-11,17H,1-3H3. The van der Waals surface area contributed by atoms with Gasteiger partial charge in [0.05, 0.1) is 5.69 Å². The van der Waals surface area contributed by atoms with E-state index in [1.807, 2.05) is 18.0 Å². The number of thioether (sulfide) groups is 2. The number of hydrogen-bond acceptors (Lipinski definition) is 3. The van der Waals surface area contributed by atoms with Gasteiger partial charge < -0.3 is 9.88 Å². The van der Waals surface area contributed by atoms with Gasteiger partial charge in [-0.1, -0.05) is 23.9 Å². The van der Waals surface area contributed by atoms with Gasteiger partial charge >= 0.3 is 0 Å². The lowest BCUT2D eigenvalue weighted by atomic mass is 10.0. The van der Waals surface area contributed by atoms with Crippen molar-refractivity contribution in [3.8, 4) is 0 Å². The smallest absolute Gasteiger partial charge is 0.154 e. The SMILES string of the molecule is CSc1ccc(C2(c3ccc(C)n3C)NC=CS2)cc1. The number of nitrogens with zero attached hydrogens (tertiary/aromatic N) is 1. The molecule has 1 aromatic heterocycles. The Kier molecular flexibility index (Phi) is 3.61. The third kappa shape index (κ3) is 2.07. The van der Waals surface area contributed by atoms with Crippen LogP contribution in [0.4, 0.5) is 0 Å². The molecule has 0 aliphatic carbocycles. The molecule has 0 radical (unpaired) electrons. The molecule has 1 unspecified atom stereocenters. The van der Waals surface area contributed by atoms with Crippen LogP contribution >= 0.6 is 23.5 Å². The molecular formula is C16H18N2S2. The first-order chi connectivity index (χ1) is 9.67. The summed E-state index contributed by atoms with van der Waals surface area (Å²) in [6.45, 7) is 2.14. The van der Waals surface area contributed by atoms with E-state index in [0.29, 0.717) is 0 Å². The van der Waals surface area contributed by atoms with Gasteiger partial charge in [-0.25, -0.2) is 0 Å². The second-order valence-electron chi connectivity index (χ2n) is 4.89. The molecule has 1 N–H and O–H groups in total. The molecule has 0 amide bonds. The van der Waals surface area contributed by atoms with Gasteiger partial charge in [0.1, 0.15) is 0 Å². The number of benzene rings is 1. The molecule has 1 atom stereocenters. The Balaban J connectivity index is 2.10. The van der Waals surface area contributed by atoms with Crippen molar-refractivity contribution in [1.29, 1.82) is 0 Å². The van der Waals surface area contributed by atoms with Crippen LogP contribution in [0.3, 0.4) is 0 Å². The predicted molar refractivity (Wildman–Crippen MR) is 89.0 cm³/mol. The quantitative estimate of drug-likeness (QED) is 0.862. The molecule has 0 saturated carbocycles. The fourth-order valence-corrected chi connectivity index (χ4v) is 4.03. The molecule has 1 aliphatic heterocycles. The van der Waals surface area contributed by atoms with Crippen LogP contribution < -0.4 is 5.32 Å². The van der Waals surface area contributed by atoms with Gasteiger partial charge in [-0.3, -0.25) is 0 Å². The van der Waals surface area contributed by atoms with Gasteiger partial charge in [0.25, 0.3) is 0 Å². The van der Waals surface area contributed by atoms with Crippen LogP contribution in [0, 0.1) is 6.92 Å². The van der Waals surface area contributed by atoms with Crippen LogP contribution in [-0.4, -0.2) is 10.8 Å². The lowest BCUT2D eigenvalue weighted by Gasteiger charge is -2.31. The predicted octanol–water partition coefficient (Wildman–Crippen LogP) is 4.06. The Bertz CT molecular complexity index is 633. The highest BCUT2D eigenvalue weighted by atomic mass is 32.2. The zero-order valence-corrected chi connectivity index (χ0v) is 13.5. The van der Waals surface area contributed by atoms with Crippen molar-refractivity contribution in [2.75, 3.05) is 6.26 Å². The Labute approximate surface area is 128 Å². The van der Waals surface area contributed by atoms with Crippen LogP contribution in [-0.2, 0) is 11.9 Å². The minimum absolute atomic E-state index is 0.208. The van der Waals surface area contributed by atoms with Gasteiger partial charge in [0.15, 0.2) is 4.87 Å². The molecule has 1 aromatic carbocycles. The molecule has 0 fully saturated rings. The molecule has 2 heterocycles. The summed E-state index contributed by atoms with van der Waals surface area (Å²) in [5.74, 6) is 0. The van der Waals surface area contributed by atoms with E-state index < -0.39 is 0 Å². The number of rotatable bonds is 3. The van der Waals surface area contributed by atoms with Crippen molar-refractivity contribution < 1.29 is 0 Å². The molecule has 3 rings (SSSR count). The lowest BCUT2D eigenvalue weighted by molar-refractivity contribution is 0.614. The zero-order chi connectivity index (χ0) is 14.2. The Morgan fingerprint density at radius 3 is 2.40 bits per heavy atom. The molecule has 20 heavy (non-hydrogen) atoms. The molecule has 4 heteroatoms. The van der Waals surface area contributed by atoms with Crippen LogP contribution in [0.15, 0.2) is 52.9 Å². The molecular weight excluding hydrogens is 284 g/mol. The fraction of sp³-hybridized carbons (Fsp3) is 0.250. The molecule has 2 aromatic rings. The van der Waals surface area contributed by atoms with E-state index >= 15 is 0 Å². The maximum absolute atomic E-state index is 3.55. The summed E-state index contributed by atoms with van der Waals surface area (Å²) < 4.78 is 2.26. The number of aromatic nitrogens is 1. The number of nitrogens with one attached hydrogen (secondary N) is 1. The van der Waals surface area contributed by atoms with E-state index in [1.165, 1.54) is 21.8 Å². The summed E-state index contributed by atoms with van der Waals surface area (Å²) in [7, 11) is 2.13. The molecule has 0 spiro atoms. The zero-order valence-electron chi connectivity index (χ0n) is 11.9. The maximum Gasteiger partial charge on any atom is 0.154 e. The van der Waals surface area contributed by atoms with E-state index in [4.69, 9.17) is 0 Å². The topological polar surface area (TPSA) is 17.0 Å². The van der Waals surface area contributed by atoms with Gasteiger partial charge in [0, 0.05) is 23.8 Å². The number of aryl methyl sites for hydroxylation is 1. The van der Waals surface area contributed by atoms with Crippen LogP contribution in [0.1, 0.15) is 17.0 Å². The van der Waals surface area contributed by atoms with Gasteiger partial charge in [-0.05, 0) is 48.4 Å². The second kappa shape index (κ2) is 5.26. The first kappa shape index (κ1) is 13.7. The first-order valence-electron chi connectivity index (χ1n) is 6.55. The normalized spacial score (nSPS) is 21.1. The van der Waals surface area contributed by atoms with E-state index in [0.717, 1.165) is 0 Å². The first-order valence-corrected chi connectivity index (χ1v) is 8.66. The summed E-state index contributed by atoms with van der Waals surface area (Å²) in [4.78, 5) is 1.09. The average Bonchev–Trinajstić information content (AvgIpc) is 3.09. The highest BCUT2D eigenvalue weighted by Gasteiger charge is 2.38. The molecule has 0 bridgehead atoms. The fourth-order valence-electron chi connectivity index (χ4n) is 2.55. The van der Waals surface area contributed by atoms with Gasteiger partial charge in [0.2, 0.25) is 0 Å². The summed E-state index contributed by atoms with van der Waals surface area (Å²) in [5.41, 5.74) is 3.84. The highest BCUT2D eigenvalue weighted by molar-refractivity contribution is 8.03. The average molecular weight is 302 g/mol. The monoisotopic (exact) mass is 302 g/mol. The molecule has 1 aliphatic rings. The minimum Gasteiger partial charge on any atom is -0.367 e. The van der Waals surface area contributed by atoms with E-state index in [9.17, 15) is 0 Å². The van der Waals surface area contributed by atoms with Crippen molar-refractivity contribution in [2.45, 2.75) is 16.7 Å².